The maximum atomic E-state index is 12.3. The average Bonchev–Trinajstić information content (AvgIpc) is 3.59. The molecule has 7 nitrogen and oxygen atoms in total. The van der Waals surface area contributed by atoms with Gasteiger partial charge in [0.15, 0.2) is 0 Å². The second-order valence-corrected chi connectivity index (χ2v) is 8.94. The normalized spacial score (nSPS) is 13.3. The number of amides is 1. The minimum absolute atomic E-state index is 0.0422. The molecule has 0 atom stereocenters. The summed E-state index contributed by atoms with van der Waals surface area (Å²) in [6, 6.07) is 15.5. The van der Waals surface area contributed by atoms with Crippen LogP contribution in [0.4, 0.5) is 5.69 Å². The standard InChI is InChI=1S/C24H22N4O3S/c1-13-22(24(30)28-27-13)19-12-21(16-5-3-4-6-17(16)25-19)32-15-9-10-18(20(11-15)31-2)26-23(29)14-7-8-14/h3-6,9-12,14H,7-8H2,1-2H3,(H,26,29)(H2,27,28,30). The average molecular weight is 447 g/mol. The van der Waals surface area contributed by atoms with Gasteiger partial charge in [-0.05, 0) is 50.1 Å². The first-order valence-electron chi connectivity index (χ1n) is 10.4. The van der Waals surface area contributed by atoms with Gasteiger partial charge >= 0.3 is 0 Å². The number of hydrogen-bond donors (Lipinski definition) is 3. The topological polar surface area (TPSA) is 99.9 Å². The Hall–Kier alpha value is -3.52. The lowest BCUT2D eigenvalue weighted by Crippen LogP contribution is -2.13. The first-order valence-corrected chi connectivity index (χ1v) is 11.2. The van der Waals surface area contributed by atoms with Crippen molar-refractivity contribution in [2.24, 2.45) is 5.92 Å². The zero-order chi connectivity index (χ0) is 22.2. The highest BCUT2D eigenvalue weighted by atomic mass is 32.2. The van der Waals surface area contributed by atoms with Gasteiger partial charge in [-0.1, -0.05) is 30.0 Å². The maximum absolute atomic E-state index is 12.3. The van der Waals surface area contributed by atoms with E-state index in [9.17, 15) is 9.59 Å². The van der Waals surface area contributed by atoms with E-state index in [-0.39, 0.29) is 17.4 Å². The van der Waals surface area contributed by atoms with Crippen molar-refractivity contribution in [3.8, 4) is 17.0 Å². The van der Waals surface area contributed by atoms with Crippen molar-refractivity contribution >= 4 is 34.3 Å². The summed E-state index contributed by atoms with van der Waals surface area (Å²) in [5, 5.41) is 9.45. The van der Waals surface area contributed by atoms with Crippen LogP contribution in [0.1, 0.15) is 18.5 Å². The minimum atomic E-state index is -0.196. The Morgan fingerprint density at radius 1 is 1.16 bits per heavy atom. The number of carbonyl (C=O) groups excluding carboxylic acids is 1. The van der Waals surface area contributed by atoms with Gasteiger partial charge in [-0.25, -0.2) is 4.98 Å². The number of anilines is 1. The number of ether oxygens (including phenoxy) is 1. The lowest BCUT2D eigenvalue weighted by Gasteiger charge is -2.13. The number of hydrogen-bond acceptors (Lipinski definition) is 5. The molecule has 2 aromatic heterocycles. The number of fused-ring (bicyclic) bond motifs is 1. The molecule has 1 aliphatic carbocycles. The molecule has 3 N–H and O–H groups in total. The molecule has 0 spiro atoms. The minimum Gasteiger partial charge on any atom is -0.495 e. The van der Waals surface area contributed by atoms with Crippen LogP contribution in [0.2, 0.25) is 0 Å². The fourth-order valence-corrected chi connectivity index (χ4v) is 4.66. The first kappa shape index (κ1) is 20.4. The summed E-state index contributed by atoms with van der Waals surface area (Å²) in [7, 11) is 1.59. The summed E-state index contributed by atoms with van der Waals surface area (Å²) in [5.74, 6) is 0.775. The van der Waals surface area contributed by atoms with E-state index >= 15 is 0 Å². The van der Waals surface area contributed by atoms with E-state index in [1.807, 2.05) is 55.5 Å². The highest BCUT2D eigenvalue weighted by molar-refractivity contribution is 7.99. The molecular formula is C24H22N4O3S. The molecule has 4 aromatic rings. The van der Waals surface area contributed by atoms with Crippen molar-refractivity contribution in [1.82, 2.24) is 15.2 Å². The number of pyridine rings is 1. The van der Waals surface area contributed by atoms with Crippen molar-refractivity contribution in [2.75, 3.05) is 12.4 Å². The summed E-state index contributed by atoms with van der Waals surface area (Å²) in [5.41, 5.74) is 3.18. The van der Waals surface area contributed by atoms with Crippen molar-refractivity contribution in [3.05, 3.63) is 64.6 Å². The highest BCUT2D eigenvalue weighted by Crippen LogP contribution is 2.39. The molecule has 1 fully saturated rings. The van der Waals surface area contributed by atoms with Gasteiger partial charge in [0, 0.05) is 26.8 Å². The SMILES string of the molecule is COc1cc(Sc2cc(-c3c(C)[nH][nH]c3=O)nc3ccccc23)ccc1NC(=O)C1CC1. The lowest BCUT2D eigenvalue weighted by molar-refractivity contribution is -0.117. The summed E-state index contributed by atoms with van der Waals surface area (Å²) in [6.07, 6.45) is 1.89. The summed E-state index contributed by atoms with van der Waals surface area (Å²) >= 11 is 1.56. The van der Waals surface area contributed by atoms with E-state index in [1.165, 1.54) is 0 Å². The number of H-pyrrole nitrogens is 2. The number of methoxy groups -OCH3 is 1. The van der Waals surface area contributed by atoms with Gasteiger partial charge in [-0.15, -0.1) is 0 Å². The predicted octanol–water partition coefficient (Wildman–Crippen LogP) is 4.73. The second kappa shape index (κ2) is 8.20. The van der Waals surface area contributed by atoms with Crippen LogP contribution in [-0.4, -0.2) is 28.2 Å². The number of aromatic amines is 2. The van der Waals surface area contributed by atoms with Gasteiger partial charge < -0.3 is 15.2 Å². The van der Waals surface area contributed by atoms with Crippen molar-refractivity contribution < 1.29 is 9.53 Å². The number of aromatic nitrogens is 3. The smallest absolute Gasteiger partial charge is 0.273 e. The second-order valence-electron chi connectivity index (χ2n) is 7.83. The summed E-state index contributed by atoms with van der Waals surface area (Å²) in [6.45, 7) is 1.84. The summed E-state index contributed by atoms with van der Waals surface area (Å²) in [4.78, 5) is 31.1. The number of rotatable bonds is 6. The molecule has 0 bridgehead atoms. The molecule has 1 aliphatic rings. The van der Waals surface area contributed by atoms with Crippen LogP contribution in [0, 0.1) is 12.8 Å². The molecule has 32 heavy (non-hydrogen) atoms. The number of carbonyl (C=O) groups is 1. The molecule has 1 saturated carbocycles. The van der Waals surface area contributed by atoms with Crippen LogP contribution >= 0.6 is 11.8 Å². The molecule has 8 heteroatoms. The van der Waals surface area contributed by atoms with Crippen molar-refractivity contribution in [2.45, 2.75) is 29.6 Å². The van der Waals surface area contributed by atoms with Crippen LogP contribution in [0.25, 0.3) is 22.2 Å². The fourth-order valence-electron chi connectivity index (χ4n) is 3.66. The summed E-state index contributed by atoms with van der Waals surface area (Å²) < 4.78 is 5.54. The van der Waals surface area contributed by atoms with Crippen molar-refractivity contribution in [1.29, 1.82) is 0 Å². The van der Waals surface area contributed by atoms with Crippen molar-refractivity contribution in [3.63, 3.8) is 0 Å². The molecule has 5 rings (SSSR count). The van der Waals surface area contributed by atoms with Gasteiger partial charge in [-0.2, -0.15) is 0 Å². The van der Waals surface area contributed by atoms with Gasteiger partial charge in [0.05, 0.1) is 29.6 Å². The third kappa shape index (κ3) is 3.89. The Bertz CT molecular complexity index is 1390. The third-order valence-corrected chi connectivity index (χ3v) is 6.55. The van der Waals surface area contributed by atoms with E-state index in [2.05, 4.69) is 15.5 Å². The highest BCUT2D eigenvalue weighted by Gasteiger charge is 2.30. The van der Waals surface area contributed by atoms with Gasteiger partial charge in [0.1, 0.15) is 5.75 Å². The number of para-hydroxylation sites is 1. The molecule has 162 valence electrons. The van der Waals surface area contributed by atoms with E-state index < -0.39 is 0 Å². The number of benzene rings is 2. The fraction of sp³-hybridized carbons (Fsp3) is 0.208. The Morgan fingerprint density at radius 3 is 2.69 bits per heavy atom. The number of nitrogens with one attached hydrogen (secondary N) is 3. The van der Waals surface area contributed by atoms with E-state index in [4.69, 9.17) is 9.72 Å². The first-order chi connectivity index (χ1) is 15.5. The molecule has 0 aliphatic heterocycles. The van der Waals surface area contributed by atoms with Crippen LogP contribution < -0.4 is 15.6 Å². The Kier molecular flexibility index (Phi) is 5.22. The van der Waals surface area contributed by atoms with Crippen LogP contribution in [0.15, 0.2) is 63.1 Å². The maximum Gasteiger partial charge on any atom is 0.273 e. The molecule has 0 unspecified atom stereocenters. The monoisotopic (exact) mass is 446 g/mol. The Labute approximate surface area is 188 Å². The van der Waals surface area contributed by atoms with Gasteiger partial charge in [0.25, 0.3) is 5.56 Å². The van der Waals surface area contributed by atoms with Crippen LogP contribution in [0.5, 0.6) is 5.75 Å². The molecule has 0 saturated heterocycles. The quantitative estimate of drug-likeness (QED) is 0.397. The van der Waals surface area contributed by atoms with E-state index in [0.29, 0.717) is 22.7 Å². The predicted molar refractivity (Wildman–Crippen MR) is 125 cm³/mol. The van der Waals surface area contributed by atoms with Crippen LogP contribution in [0.3, 0.4) is 0 Å². The number of aryl methyl sites for hydroxylation is 1. The number of nitrogens with zero attached hydrogens (tertiary/aromatic N) is 1. The zero-order valence-corrected chi connectivity index (χ0v) is 18.5. The molecular weight excluding hydrogens is 424 g/mol. The van der Waals surface area contributed by atoms with E-state index in [1.54, 1.807) is 18.9 Å². The van der Waals surface area contributed by atoms with Gasteiger partial charge in [0.2, 0.25) is 5.91 Å². The molecule has 0 radical (unpaired) electrons. The zero-order valence-electron chi connectivity index (χ0n) is 17.7. The Balaban J connectivity index is 1.53. The lowest BCUT2D eigenvalue weighted by atomic mass is 10.1. The third-order valence-electron chi connectivity index (χ3n) is 5.51. The molecule has 1 amide bonds. The Morgan fingerprint density at radius 2 is 1.97 bits per heavy atom. The largest absolute Gasteiger partial charge is 0.495 e. The molecule has 2 aromatic carbocycles. The molecule has 2 heterocycles. The van der Waals surface area contributed by atoms with Gasteiger partial charge in [-0.3, -0.25) is 14.7 Å². The van der Waals surface area contributed by atoms with Crippen LogP contribution in [-0.2, 0) is 4.79 Å². The van der Waals surface area contributed by atoms with E-state index in [0.717, 1.165) is 39.2 Å².